The molecular formula is C10H19NO4. The van der Waals surface area contributed by atoms with E-state index in [0.717, 1.165) is 12.0 Å². The van der Waals surface area contributed by atoms with E-state index in [9.17, 15) is 0 Å². The number of carboxylic acids is 2. The average molecular weight is 217 g/mol. The van der Waals surface area contributed by atoms with Crippen molar-refractivity contribution < 1.29 is 19.8 Å². The van der Waals surface area contributed by atoms with E-state index in [1.54, 1.807) is 0 Å². The summed E-state index contributed by atoms with van der Waals surface area (Å²) in [7, 11) is 2.23. The number of hydrogen-bond acceptors (Lipinski definition) is 3. The van der Waals surface area contributed by atoms with Gasteiger partial charge in [0.1, 0.15) is 0 Å². The van der Waals surface area contributed by atoms with Crippen LogP contribution in [-0.4, -0.2) is 46.7 Å². The molecule has 1 unspecified atom stereocenters. The van der Waals surface area contributed by atoms with Crippen LogP contribution >= 0.6 is 0 Å². The van der Waals surface area contributed by atoms with Crippen molar-refractivity contribution in [1.29, 1.82) is 0 Å². The molecule has 0 saturated carbocycles. The predicted octanol–water partition coefficient (Wildman–Crippen LogP) is 0.892. The Balaban J connectivity index is 0.000000288. The van der Waals surface area contributed by atoms with E-state index >= 15 is 0 Å². The summed E-state index contributed by atoms with van der Waals surface area (Å²) in [5, 5.41) is 14.8. The molecule has 5 nitrogen and oxygen atoms in total. The first-order valence-electron chi connectivity index (χ1n) is 5.02. The van der Waals surface area contributed by atoms with Crippen molar-refractivity contribution in [2.45, 2.75) is 32.7 Å². The molecule has 0 bridgehead atoms. The summed E-state index contributed by atoms with van der Waals surface area (Å²) in [5.41, 5.74) is 0. The van der Waals surface area contributed by atoms with Crippen molar-refractivity contribution in [2.75, 3.05) is 13.6 Å². The third-order valence-corrected chi connectivity index (χ3v) is 2.53. The van der Waals surface area contributed by atoms with Crippen LogP contribution in [0.5, 0.6) is 0 Å². The molecule has 1 rings (SSSR count). The lowest BCUT2D eigenvalue weighted by Gasteiger charge is -2.22. The van der Waals surface area contributed by atoms with E-state index in [2.05, 4.69) is 25.8 Å². The highest BCUT2D eigenvalue weighted by molar-refractivity contribution is 6.27. The van der Waals surface area contributed by atoms with Gasteiger partial charge in [-0.1, -0.05) is 13.8 Å². The Labute approximate surface area is 89.7 Å². The molecule has 0 radical (unpaired) electrons. The molecule has 0 aromatic rings. The zero-order valence-corrected chi connectivity index (χ0v) is 9.43. The van der Waals surface area contributed by atoms with E-state index < -0.39 is 11.9 Å². The average Bonchev–Trinajstić information content (AvgIpc) is 2.52. The highest BCUT2D eigenvalue weighted by Crippen LogP contribution is 2.20. The second kappa shape index (κ2) is 6.40. The normalized spacial score (nSPS) is 20.9. The van der Waals surface area contributed by atoms with Crippen LogP contribution in [0.15, 0.2) is 0 Å². The number of hydrogen-bond donors (Lipinski definition) is 2. The number of likely N-dealkylation sites (tertiary alicyclic amines) is 1. The van der Waals surface area contributed by atoms with Crippen LogP contribution in [0.3, 0.4) is 0 Å². The Morgan fingerprint density at radius 3 is 1.87 bits per heavy atom. The SMILES string of the molecule is CC(C)C1CCCN1C.O=C(O)C(=O)O. The molecular weight excluding hydrogens is 198 g/mol. The number of carbonyl (C=O) groups is 2. The lowest BCUT2D eigenvalue weighted by atomic mass is 10.0. The van der Waals surface area contributed by atoms with Gasteiger partial charge in [-0.15, -0.1) is 0 Å². The minimum atomic E-state index is -1.82. The van der Waals surface area contributed by atoms with Gasteiger partial charge in [0.25, 0.3) is 0 Å². The second-order valence-electron chi connectivity index (χ2n) is 4.04. The molecule has 1 heterocycles. The smallest absolute Gasteiger partial charge is 0.414 e. The summed E-state index contributed by atoms with van der Waals surface area (Å²) in [5.74, 6) is -2.80. The minimum Gasteiger partial charge on any atom is -0.473 e. The third kappa shape index (κ3) is 5.37. The predicted molar refractivity (Wildman–Crippen MR) is 55.8 cm³/mol. The van der Waals surface area contributed by atoms with Crippen molar-refractivity contribution in [1.82, 2.24) is 4.90 Å². The van der Waals surface area contributed by atoms with Gasteiger partial charge in [0.2, 0.25) is 0 Å². The van der Waals surface area contributed by atoms with Gasteiger partial charge in [0.15, 0.2) is 0 Å². The number of rotatable bonds is 1. The molecule has 2 N–H and O–H groups in total. The maximum Gasteiger partial charge on any atom is 0.414 e. The zero-order valence-electron chi connectivity index (χ0n) is 9.43. The van der Waals surface area contributed by atoms with E-state index in [4.69, 9.17) is 19.8 Å². The first-order valence-corrected chi connectivity index (χ1v) is 5.02. The number of nitrogens with zero attached hydrogens (tertiary/aromatic N) is 1. The summed E-state index contributed by atoms with van der Waals surface area (Å²) in [6.45, 7) is 5.93. The van der Waals surface area contributed by atoms with Crippen molar-refractivity contribution in [3.8, 4) is 0 Å². The van der Waals surface area contributed by atoms with Crippen molar-refractivity contribution in [2.24, 2.45) is 5.92 Å². The summed E-state index contributed by atoms with van der Waals surface area (Å²) in [4.78, 5) is 20.7. The van der Waals surface area contributed by atoms with Crippen LogP contribution in [0.25, 0.3) is 0 Å². The second-order valence-corrected chi connectivity index (χ2v) is 4.04. The Kier molecular flexibility index (Phi) is 5.93. The van der Waals surface area contributed by atoms with Gasteiger partial charge in [-0.2, -0.15) is 0 Å². The molecule has 1 aliphatic heterocycles. The molecule has 0 aromatic heterocycles. The topological polar surface area (TPSA) is 77.8 Å². The van der Waals surface area contributed by atoms with Gasteiger partial charge in [-0.25, -0.2) is 9.59 Å². The lowest BCUT2D eigenvalue weighted by Crippen LogP contribution is -2.29. The van der Waals surface area contributed by atoms with Crippen LogP contribution in [0.1, 0.15) is 26.7 Å². The van der Waals surface area contributed by atoms with Crippen LogP contribution in [0, 0.1) is 5.92 Å². The van der Waals surface area contributed by atoms with Crippen molar-refractivity contribution in [3.63, 3.8) is 0 Å². The van der Waals surface area contributed by atoms with Crippen LogP contribution < -0.4 is 0 Å². The fourth-order valence-electron chi connectivity index (χ4n) is 1.78. The Bertz CT molecular complexity index is 215. The zero-order chi connectivity index (χ0) is 12.0. The molecule has 1 atom stereocenters. The Hall–Kier alpha value is -1.10. The molecule has 5 heteroatoms. The van der Waals surface area contributed by atoms with Gasteiger partial charge in [-0.05, 0) is 32.4 Å². The lowest BCUT2D eigenvalue weighted by molar-refractivity contribution is -0.159. The fourth-order valence-corrected chi connectivity index (χ4v) is 1.78. The van der Waals surface area contributed by atoms with Gasteiger partial charge in [-0.3, -0.25) is 0 Å². The summed E-state index contributed by atoms with van der Waals surface area (Å²) in [6, 6.07) is 0.866. The molecule has 1 aliphatic rings. The molecule has 0 aliphatic carbocycles. The maximum atomic E-state index is 9.10. The Morgan fingerprint density at radius 1 is 1.27 bits per heavy atom. The fraction of sp³-hybridized carbons (Fsp3) is 0.800. The van der Waals surface area contributed by atoms with E-state index in [0.29, 0.717) is 0 Å². The minimum absolute atomic E-state index is 0.845. The first-order chi connectivity index (χ1) is 6.86. The maximum absolute atomic E-state index is 9.10. The van der Waals surface area contributed by atoms with Crippen LogP contribution in [0.4, 0.5) is 0 Å². The highest BCUT2D eigenvalue weighted by atomic mass is 16.4. The Morgan fingerprint density at radius 2 is 1.73 bits per heavy atom. The number of aliphatic carboxylic acids is 2. The van der Waals surface area contributed by atoms with E-state index in [-0.39, 0.29) is 0 Å². The molecule has 0 amide bonds. The largest absolute Gasteiger partial charge is 0.473 e. The van der Waals surface area contributed by atoms with E-state index in [1.165, 1.54) is 19.4 Å². The highest BCUT2D eigenvalue weighted by Gasteiger charge is 2.22. The van der Waals surface area contributed by atoms with Gasteiger partial charge >= 0.3 is 11.9 Å². The molecule has 1 fully saturated rings. The number of carboxylic acid groups (broad SMARTS) is 2. The summed E-state index contributed by atoms with van der Waals surface area (Å²) >= 11 is 0. The van der Waals surface area contributed by atoms with Gasteiger partial charge < -0.3 is 15.1 Å². The summed E-state index contributed by atoms with van der Waals surface area (Å²) in [6.07, 6.45) is 2.81. The molecule has 88 valence electrons. The monoisotopic (exact) mass is 217 g/mol. The molecule has 0 aromatic carbocycles. The van der Waals surface area contributed by atoms with Crippen LogP contribution in [0.2, 0.25) is 0 Å². The van der Waals surface area contributed by atoms with Crippen LogP contribution in [-0.2, 0) is 9.59 Å². The quantitative estimate of drug-likeness (QED) is 0.638. The van der Waals surface area contributed by atoms with Gasteiger partial charge in [0.05, 0.1) is 0 Å². The first kappa shape index (κ1) is 13.9. The van der Waals surface area contributed by atoms with Crippen molar-refractivity contribution in [3.05, 3.63) is 0 Å². The van der Waals surface area contributed by atoms with Crippen molar-refractivity contribution >= 4 is 11.9 Å². The molecule has 15 heavy (non-hydrogen) atoms. The third-order valence-electron chi connectivity index (χ3n) is 2.53. The summed E-state index contributed by atoms with van der Waals surface area (Å²) < 4.78 is 0. The molecule has 1 saturated heterocycles. The van der Waals surface area contributed by atoms with Gasteiger partial charge in [0, 0.05) is 6.04 Å². The molecule has 0 spiro atoms. The standard InChI is InChI=1S/C8H17N.C2H2O4/c1-7(2)8-5-4-6-9(8)3;3-1(4)2(5)6/h7-8H,4-6H2,1-3H3;(H,3,4)(H,5,6). The van der Waals surface area contributed by atoms with E-state index in [1.807, 2.05) is 0 Å².